The number of hydrogen-bond donors (Lipinski definition) is 2. The SMILES string of the molecule is CC1CCC(NC(=O)Cn2cc(CN)nn2)CC1C. The van der Waals surface area contributed by atoms with Gasteiger partial charge in [-0.25, -0.2) is 4.68 Å². The Bertz CT molecular complexity index is 430. The zero-order valence-corrected chi connectivity index (χ0v) is 11.7. The molecule has 6 heteroatoms. The van der Waals surface area contributed by atoms with E-state index in [1.54, 1.807) is 6.20 Å². The van der Waals surface area contributed by atoms with Gasteiger partial charge >= 0.3 is 0 Å². The number of nitrogens with one attached hydrogen (secondary N) is 1. The standard InChI is InChI=1S/C13H23N5O/c1-9-3-4-11(5-10(9)2)15-13(19)8-18-7-12(6-14)16-17-18/h7,9-11H,3-6,8,14H2,1-2H3,(H,15,19). The first kappa shape index (κ1) is 14.0. The second-order valence-electron chi connectivity index (χ2n) is 5.64. The summed E-state index contributed by atoms with van der Waals surface area (Å²) in [5, 5.41) is 10.8. The number of hydrogen-bond acceptors (Lipinski definition) is 4. The van der Waals surface area contributed by atoms with E-state index in [0.717, 1.165) is 18.8 Å². The van der Waals surface area contributed by atoms with Gasteiger partial charge in [0.1, 0.15) is 6.54 Å². The second-order valence-corrected chi connectivity index (χ2v) is 5.64. The van der Waals surface area contributed by atoms with Crippen molar-refractivity contribution in [1.82, 2.24) is 20.3 Å². The zero-order chi connectivity index (χ0) is 13.8. The summed E-state index contributed by atoms with van der Waals surface area (Å²) in [5.41, 5.74) is 6.16. The molecule has 1 aliphatic carbocycles. The minimum Gasteiger partial charge on any atom is -0.352 e. The summed E-state index contributed by atoms with van der Waals surface area (Å²) in [6, 6.07) is 0.302. The van der Waals surface area contributed by atoms with Crippen molar-refractivity contribution in [3.05, 3.63) is 11.9 Å². The van der Waals surface area contributed by atoms with E-state index >= 15 is 0 Å². The minimum atomic E-state index is 0.000208. The van der Waals surface area contributed by atoms with Crippen LogP contribution in [-0.2, 0) is 17.9 Å². The summed E-state index contributed by atoms with van der Waals surface area (Å²) in [6.07, 6.45) is 5.04. The third kappa shape index (κ3) is 3.76. The van der Waals surface area contributed by atoms with E-state index in [9.17, 15) is 4.79 Å². The lowest BCUT2D eigenvalue weighted by atomic mass is 9.79. The first-order chi connectivity index (χ1) is 9.08. The Hall–Kier alpha value is -1.43. The molecule has 6 nitrogen and oxygen atoms in total. The van der Waals surface area contributed by atoms with Crippen LogP contribution >= 0.6 is 0 Å². The lowest BCUT2D eigenvalue weighted by molar-refractivity contribution is -0.123. The number of aromatic nitrogens is 3. The van der Waals surface area contributed by atoms with E-state index < -0.39 is 0 Å². The molecule has 3 N–H and O–H groups in total. The average molecular weight is 265 g/mol. The maximum Gasteiger partial charge on any atom is 0.242 e. The molecule has 1 aliphatic rings. The van der Waals surface area contributed by atoms with Crippen molar-refractivity contribution in [3.8, 4) is 0 Å². The van der Waals surface area contributed by atoms with Crippen molar-refractivity contribution in [2.24, 2.45) is 17.6 Å². The van der Waals surface area contributed by atoms with Gasteiger partial charge in [-0.3, -0.25) is 4.79 Å². The fraction of sp³-hybridized carbons (Fsp3) is 0.769. The van der Waals surface area contributed by atoms with E-state index in [1.807, 2.05) is 0 Å². The molecule has 3 atom stereocenters. The molecule has 0 aliphatic heterocycles. The first-order valence-corrected chi connectivity index (χ1v) is 6.97. The Kier molecular flexibility index (Phi) is 4.52. The molecule has 1 saturated carbocycles. The van der Waals surface area contributed by atoms with Gasteiger partial charge in [0, 0.05) is 12.6 Å². The van der Waals surface area contributed by atoms with Gasteiger partial charge in [0.2, 0.25) is 5.91 Å². The fourth-order valence-electron chi connectivity index (χ4n) is 2.61. The monoisotopic (exact) mass is 265 g/mol. The van der Waals surface area contributed by atoms with E-state index in [1.165, 1.54) is 11.1 Å². The van der Waals surface area contributed by atoms with Crippen LogP contribution < -0.4 is 11.1 Å². The van der Waals surface area contributed by atoms with Gasteiger partial charge in [0.25, 0.3) is 0 Å². The van der Waals surface area contributed by atoms with Crippen molar-refractivity contribution in [3.63, 3.8) is 0 Å². The molecule has 1 aromatic heterocycles. The Morgan fingerprint density at radius 1 is 1.47 bits per heavy atom. The lowest BCUT2D eigenvalue weighted by Crippen LogP contribution is -2.41. The number of nitrogens with two attached hydrogens (primary N) is 1. The largest absolute Gasteiger partial charge is 0.352 e. The van der Waals surface area contributed by atoms with Crippen molar-refractivity contribution < 1.29 is 4.79 Å². The Balaban J connectivity index is 1.81. The van der Waals surface area contributed by atoms with Gasteiger partial charge in [-0.2, -0.15) is 0 Å². The van der Waals surface area contributed by atoms with Crippen LogP contribution in [0.15, 0.2) is 6.20 Å². The highest BCUT2D eigenvalue weighted by molar-refractivity contribution is 5.75. The quantitative estimate of drug-likeness (QED) is 0.838. The number of carbonyl (C=O) groups excluding carboxylic acids is 1. The molecule has 2 rings (SSSR count). The molecule has 1 aromatic rings. The predicted octanol–water partition coefficient (Wildman–Crippen LogP) is 0.678. The Labute approximate surface area is 113 Å². The molecular weight excluding hydrogens is 242 g/mol. The Morgan fingerprint density at radius 3 is 2.89 bits per heavy atom. The van der Waals surface area contributed by atoms with Crippen LogP contribution in [0.2, 0.25) is 0 Å². The van der Waals surface area contributed by atoms with Crippen LogP contribution in [0.25, 0.3) is 0 Å². The molecule has 19 heavy (non-hydrogen) atoms. The van der Waals surface area contributed by atoms with Crippen LogP contribution in [0.1, 0.15) is 38.8 Å². The molecular formula is C13H23N5O. The summed E-state index contributed by atoms with van der Waals surface area (Å²) in [7, 11) is 0. The molecule has 106 valence electrons. The average Bonchev–Trinajstić information content (AvgIpc) is 2.81. The van der Waals surface area contributed by atoms with Gasteiger partial charge in [-0.1, -0.05) is 19.1 Å². The molecule has 0 spiro atoms. The molecule has 0 saturated heterocycles. The molecule has 1 heterocycles. The van der Waals surface area contributed by atoms with Gasteiger partial charge < -0.3 is 11.1 Å². The normalized spacial score (nSPS) is 27.2. The summed E-state index contributed by atoms with van der Waals surface area (Å²) in [6.45, 7) is 5.10. The maximum absolute atomic E-state index is 11.9. The smallest absolute Gasteiger partial charge is 0.242 e. The van der Waals surface area contributed by atoms with Crippen molar-refractivity contribution >= 4 is 5.91 Å². The summed E-state index contributed by atoms with van der Waals surface area (Å²) in [4.78, 5) is 11.9. The first-order valence-electron chi connectivity index (χ1n) is 6.97. The van der Waals surface area contributed by atoms with Crippen molar-refractivity contribution in [2.75, 3.05) is 0 Å². The highest BCUT2D eigenvalue weighted by Crippen LogP contribution is 2.29. The number of nitrogens with zero attached hydrogens (tertiary/aromatic N) is 3. The number of carbonyl (C=O) groups is 1. The van der Waals surface area contributed by atoms with E-state index in [0.29, 0.717) is 24.2 Å². The predicted molar refractivity (Wildman–Crippen MR) is 72.0 cm³/mol. The third-order valence-corrected chi connectivity index (χ3v) is 4.06. The summed E-state index contributed by atoms with van der Waals surface area (Å²) >= 11 is 0. The summed E-state index contributed by atoms with van der Waals surface area (Å²) in [5.74, 6) is 1.44. The second kappa shape index (κ2) is 6.14. The van der Waals surface area contributed by atoms with Crippen LogP contribution in [-0.4, -0.2) is 26.9 Å². The van der Waals surface area contributed by atoms with E-state index in [-0.39, 0.29) is 12.5 Å². The van der Waals surface area contributed by atoms with E-state index in [2.05, 4.69) is 29.5 Å². The van der Waals surface area contributed by atoms with Gasteiger partial charge in [0.15, 0.2) is 0 Å². The van der Waals surface area contributed by atoms with E-state index in [4.69, 9.17) is 5.73 Å². The lowest BCUT2D eigenvalue weighted by Gasteiger charge is -2.32. The minimum absolute atomic E-state index is 0.000208. The third-order valence-electron chi connectivity index (χ3n) is 4.06. The van der Waals surface area contributed by atoms with Crippen molar-refractivity contribution in [1.29, 1.82) is 0 Å². The molecule has 0 radical (unpaired) electrons. The molecule has 1 amide bonds. The zero-order valence-electron chi connectivity index (χ0n) is 11.7. The van der Waals surface area contributed by atoms with Gasteiger partial charge in [-0.05, 0) is 31.1 Å². The fourth-order valence-corrected chi connectivity index (χ4v) is 2.61. The summed E-state index contributed by atoms with van der Waals surface area (Å²) < 4.78 is 1.53. The van der Waals surface area contributed by atoms with Gasteiger partial charge in [0.05, 0.1) is 11.9 Å². The van der Waals surface area contributed by atoms with Crippen LogP contribution in [0.5, 0.6) is 0 Å². The van der Waals surface area contributed by atoms with Crippen LogP contribution in [0.3, 0.4) is 0 Å². The van der Waals surface area contributed by atoms with Gasteiger partial charge in [-0.15, -0.1) is 5.10 Å². The topological polar surface area (TPSA) is 85.8 Å². The molecule has 0 bridgehead atoms. The number of rotatable bonds is 4. The van der Waals surface area contributed by atoms with Crippen LogP contribution in [0, 0.1) is 11.8 Å². The van der Waals surface area contributed by atoms with Crippen molar-refractivity contribution in [2.45, 2.75) is 52.2 Å². The number of amides is 1. The molecule has 0 aromatic carbocycles. The van der Waals surface area contributed by atoms with Crippen LogP contribution in [0.4, 0.5) is 0 Å². The highest BCUT2D eigenvalue weighted by atomic mass is 16.2. The molecule has 3 unspecified atom stereocenters. The molecule has 1 fully saturated rings. The highest BCUT2D eigenvalue weighted by Gasteiger charge is 2.25. The Morgan fingerprint density at radius 2 is 2.26 bits per heavy atom. The maximum atomic E-state index is 11.9.